The zero-order valence-electron chi connectivity index (χ0n) is 18.6. The Bertz CT molecular complexity index is 1340. The van der Waals surface area contributed by atoms with Crippen LogP contribution >= 0.6 is 0 Å². The predicted octanol–water partition coefficient (Wildman–Crippen LogP) is 4.23. The Kier molecular flexibility index (Phi) is 4.34. The lowest BCUT2D eigenvalue weighted by atomic mass is 9.70. The number of hydrogen-bond acceptors (Lipinski definition) is 7. The summed E-state index contributed by atoms with van der Waals surface area (Å²) in [6, 6.07) is 7.66. The SMILES string of the molecule is CC(=O)C1=C(O)C=C2Oc3c4c(c(C)c(O)c3[C@]2(C)C1=O)OC(c1ccc(C)cc1)CC4=O. The normalized spacial score (nSPS) is 23.3. The predicted molar refractivity (Wildman–Crippen MR) is 118 cm³/mol. The second-order valence-corrected chi connectivity index (χ2v) is 8.91. The minimum atomic E-state index is -1.56. The van der Waals surface area contributed by atoms with Crippen LogP contribution in [0.15, 0.2) is 47.4 Å². The van der Waals surface area contributed by atoms with Crippen LogP contribution in [0.5, 0.6) is 17.2 Å². The molecule has 7 heteroatoms. The van der Waals surface area contributed by atoms with Crippen molar-refractivity contribution in [2.24, 2.45) is 0 Å². The first-order valence-electron chi connectivity index (χ1n) is 10.6. The molecule has 33 heavy (non-hydrogen) atoms. The molecule has 2 atom stereocenters. The Balaban J connectivity index is 1.69. The molecule has 0 bridgehead atoms. The summed E-state index contributed by atoms with van der Waals surface area (Å²) >= 11 is 0. The highest BCUT2D eigenvalue weighted by atomic mass is 16.5. The number of carbonyl (C=O) groups is 3. The quantitative estimate of drug-likeness (QED) is 0.664. The Morgan fingerprint density at radius 2 is 1.76 bits per heavy atom. The van der Waals surface area contributed by atoms with Crippen molar-refractivity contribution in [3.05, 3.63) is 75.3 Å². The van der Waals surface area contributed by atoms with E-state index in [-0.39, 0.29) is 51.9 Å². The minimum absolute atomic E-state index is 0.0279. The first-order chi connectivity index (χ1) is 15.6. The van der Waals surface area contributed by atoms with E-state index < -0.39 is 28.8 Å². The summed E-state index contributed by atoms with van der Waals surface area (Å²) < 4.78 is 12.1. The van der Waals surface area contributed by atoms with Crippen LogP contribution in [-0.4, -0.2) is 27.6 Å². The molecular weight excluding hydrogens is 424 g/mol. The molecule has 0 spiro atoms. The van der Waals surface area contributed by atoms with Gasteiger partial charge in [-0.2, -0.15) is 0 Å². The molecule has 5 rings (SSSR count). The van der Waals surface area contributed by atoms with Crippen molar-refractivity contribution in [3.63, 3.8) is 0 Å². The molecule has 1 unspecified atom stereocenters. The first kappa shape index (κ1) is 21.0. The van der Waals surface area contributed by atoms with E-state index in [9.17, 15) is 24.6 Å². The van der Waals surface area contributed by atoms with Crippen molar-refractivity contribution in [2.45, 2.75) is 45.6 Å². The smallest absolute Gasteiger partial charge is 0.188 e. The highest BCUT2D eigenvalue weighted by molar-refractivity contribution is 6.26. The van der Waals surface area contributed by atoms with Gasteiger partial charge < -0.3 is 19.7 Å². The third-order valence-corrected chi connectivity index (χ3v) is 6.73. The highest BCUT2D eigenvalue weighted by Crippen LogP contribution is 2.59. The summed E-state index contributed by atoms with van der Waals surface area (Å²) in [6.45, 7) is 6.27. The van der Waals surface area contributed by atoms with Crippen molar-refractivity contribution in [2.75, 3.05) is 0 Å². The molecule has 2 N–H and O–H groups in total. The van der Waals surface area contributed by atoms with Gasteiger partial charge in [0.2, 0.25) is 0 Å². The number of aliphatic hydroxyl groups is 1. The Morgan fingerprint density at radius 1 is 1.09 bits per heavy atom. The summed E-state index contributed by atoms with van der Waals surface area (Å²) in [5, 5.41) is 21.4. The minimum Gasteiger partial charge on any atom is -0.507 e. The van der Waals surface area contributed by atoms with Gasteiger partial charge in [0.1, 0.15) is 51.4 Å². The number of aliphatic hydroxyl groups excluding tert-OH is 1. The van der Waals surface area contributed by atoms with Gasteiger partial charge in [0.15, 0.2) is 17.3 Å². The number of ketones is 3. The molecule has 2 heterocycles. The van der Waals surface area contributed by atoms with Crippen LogP contribution in [0.2, 0.25) is 0 Å². The van der Waals surface area contributed by atoms with E-state index in [0.29, 0.717) is 5.56 Å². The summed E-state index contributed by atoms with van der Waals surface area (Å²) in [5.74, 6) is -2.02. The molecule has 0 fully saturated rings. The number of Topliss-reactive ketones (excluding diaryl/α,β-unsaturated/α-hetero) is 3. The maximum atomic E-state index is 13.3. The Hall–Kier alpha value is -3.87. The van der Waals surface area contributed by atoms with Gasteiger partial charge in [-0.3, -0.25) is 14.4 Å². The topological polar surface area (TPSA) is 110 Å². The lowest BCUT2D eigenvalue weighted by Gasteiger charge is -2.30. The van der Waals surface area contributed by atoms with E-state index >= 15 is 0 Å². The lowest BCUT2D eigenvalue weighted by molar-refractivity contribution is -0.123. The number of aromatic hydroxyl groups is 1. The Labute approximate surface area is 190 Å². The monoisotopic (exact) mass is 446 g/mol. The van der Waals surface area contributed by atoms with Crippen LogP contribution in [0.4, 0.5) is 0 Å². The summed E-state index contributed by atoms with van der Waals surface area (Å²) in [5.41, 5.74) is 0.547. The van der Waals surface area contributed by atoms with Crippen LogP contribution in [0.25, 0.3) is 0 Å². The molecule has 0 saturated carbocycles. The number of fused-ring (bicyclic) bond motifs is 5. The zero-order chi connectivity index (χ0) is 23.8. The molecule has 0 aromatic heterocycles. The number of allylic oxidation sites excluding steroid dienone is 3. The van der Waals surface area contributed by atoms with E-state index in [2.05, 4.69) is 0 Å². The fourth-order valence-corrected chi connectivity index (χ4v) is 4.84. The number of benzene rings is 2. The molecular formula is C26H22O7. The molecule has 168 valence electrons. The first-order valence-corrected chi connectivity index (χ1v) is 10.6. The average Bonchev–Trinajstić information content (AvgIpc) is 3.05. The van der Waals surface area contributed by atoms with E-state index in [4.69, 9.17) is 9.47 Å². The van der Waals surface area contributed by atoms with Crippen molar-refractivity contribution in [1.29, 1.82) is 0 Å². The summed E-state index contributed by atoms with van der Waals surface area (Å²) in [6.07, 6.45) is 0.724. The molecule has 2 aromatic rings. The summed E-state index contributed by atoms with van der Waals surface area (Å²) in [4.78, 5) is 38.7. The van der Waals surface area contributed by atoms with Crippen molar-refractivity contribution in [3.8, 4) is 17.2 Å². The van der Waals surface area contributed by atoms with Crippen LogP contribution in [-0.2, 0) is 15.0 Å². The fourth-order valence-electron chi connectivity index (χ4n) is 4.84. The second kappa shape index (κ2) is 6.81. The van der Waals surface area contributed by atoms with Gasteiger partial charge in [0.05, 0.1) is 12.0 Å². The third-order valence-electron chi connectivity index (χ3n) is 6.73. The Morgan fingerprint density at radius 3 is 2.39 bits per heavy atom. The maximum absolute atomic E-state index is 13.3. The molecule has 2 aromatic carbocycles. The molecule has 0 saturated heterocycles. The van der Waals surface area contributed by atoms with Gasteiger partial charge in [-0.05, 0) is 33.3 Å². The lowest BCUT2D eigenvalue weighted by Crippen LogP contribution is -2.38. The van der Waals surface area contributed by atoms with Crippen molar-refractivity contribution < 1.29 is 34.1 Å². The van der Waals surface area contributed by atoms with Gasteiger partial charge >= 0.3 is 0 Å². The van der Waals surface area contributed by atoms with Crippen LogP contribution < -0.4 is 9.47 Å². The number of phenols is 1. The third kappa shape index (κ3) is 2.71. The van der Waals surface area contributed by atoms with Crippen LogP contribution in [0, 0.1) is 13.8 Å². The van der Waals surface area contributed by atoms with Gasteiger partial charge in [0.25, 0.3) is 0 Å². The molecule has 0 radical (unpaired) electrons. The maximum Gasteiger partial charge on any atom is 0.188 e. The number of ether oxygens (including phenoxy) is 2. The fraction of sp³-hybridized carbons (Fsp3) is 0.269. The zero-order valence-corrected chi connectivity index (χ0v) is 18.6. The standard InChI is InChI=1S/C26H22O7/c1-11-5-7-14(8-6-11)17-9-15(28)20-23(32-17)12(2)22(30)21-24(20)33-18-10-16(29)19(13(3)27)25(31)26(18,21)4/h5-8,10,17,29-30H,9H2,1-4H3/t17?,26-/m1/s1. The second-order valence-electron chi connectivity index (χ2n) is 8.91. The van der Waals surface area contributed by atoms with E-state index in [0.717, 1.165) is 11.1 Å². The van der Waals surface area contributed by atoms with Gasteiger partial charge in [-0.15, -0.1) is 0 Å². The molecule has 0 amide bonds. The molecule has 2 aliphatic heterocycles. The van der Waals surface area contributed by atoms with E-state index in [1.54, 1.807) is 6.92 Å². The van der Waals surface area contributed by atoms with E-state index in [1.807, 2.05) is 31.2 Å². The van der Waals surface area contributed by atoms with Crippen LogP contribution in [0.3, 0.4) is 0 Å². The molecule has 3 aliphatic rings. The van der Waals surface area contributed by atoms with Crippen LogP contribution in [0.1, 0.15) is 59.0 Å². The number of aryl methyl sites for hydroxylation is 1. The van der Waals surface area contributed by atoms with Crippen molar-refractivity contribution in [1.82, 2.24) is 0 Å². The van der Waals surface area contributed by atoms with Gasteiger partial charge in [-0.1, -0.05) is 29.8 Å². The summed E-state index contributed by atoms with van der Waals surface area (Å²) in [7, 11) is 0. The average molecular weight is 446 g/mol. The number of hydrogen-bond donors (Lipinski definition) is 2. The highest BCUT2D eigenvalue weighted by Gasteiger charge is 2.56. The van der Waals surface area contributed by atoms with Crippen molar-refractivity contribution >= 4 is 17.3 Å². The molecule has 1 aliphatic carbocycles. The van der Waals surface area contributed by atoms with Gasteiger partial charge in [0, 0.05) is 11.6 Å². The number of carbonyl (C=O) groups excluding carboxylic acids is 3. The number of rotatable bonds is 2. The molecule has 7 nitrogen and oxygen atoms in total. The van der Waals surface area contributed by atoms with Gasteiger partial charge in [-0.25, -0.2) is 0 Å². The van der Waals surface area contributed by atoms with E-state index in [1.165, 1.54) is 19.9 Å². The largest absolute Gasteiger partial charge is 0.507 e. The number of phenolic OH excluding ortho intramolecular Hbond substituents is 1.